The summed E-state index contributed by atoms with van der Waals surface area (Å²) in [6.45, 7) is 3.79. The van der Waals surface area contributed by atoms with Crippen molar-refractivity contribution in [2.45, 2.75) is 76.6 Å². The van der Waals surface area contributed by atoms with Gasteiger partial charge in [0.15, 0.2) is 0 Å². The van der Waals surface area contributed by atoms with E-state index in [9.17, 15) is 35.1 Å². The molecule has 0 aromatic carbocycles. The molecule has 0 aliphatic rings. The predicted octanol–water partition coefficient (Wildman–Crippen LogP) is 6.15. The Morgan fingerprint density at radius 2 is 1.19 bits per heavy atom. The van der Waals surface area contributed by atoms with Gasteiger partial charge in [-0.05, 0) is 26.2 Å². The van der Waals surface area contributed by atoms with Gasteiger partial charge in [0, 0.05) is 6.42 Å². The smallest absolute Gasteiger partial charge is 0.244 e. The highest BCUT2D eigenvalue weighted by atomic mass is 19.4. The van der Waals surface area contributed by atoms with Crippen molar-refractivity contribution in [1.82, 2.24) is 0 Å². The van der Waals surface area contributed by atoms with Crippen molar-refractivity contribution in [2.24, 2.45) is 5.92 Å². The number of alkyl halides is 8. The minimum absolute atomic E-state index is 0.0817. The van der Waals surface area contributed by atoms with Gasteiger partial charge in [-0.25, -0.2) is 8.78 Å². The van der Waals surface area contributed by atoms with Gasteiger partial charge in [0.05, 0.1) is 0 Å². The minimum Gasteiger partial charge on any atom is -0.244 e. The van der Waals surface area contributed by atoms with Gasteiger partial charge in [0.25, 0.3) is 5.67 Å². The summed E-state index contributed by atoms with van der Waals surface area (Å²) >= 11 is 0. The van der Waals surface area contributed by atoms with E-state index in [1.54, 1.807) is 6.92 Å². The Balaban J connectivity index is 5.32. The molecule has 0 amide bonds. The molecule has 8 heteroatoms. The highest BCUT2D eigenvalue weighted by Gasteiger charge is 2.72. The van der Waals surface area contributed by atoms with Crippen LogP contribution in [0, 0.1) is 5.92 Å². The first-order valence-corrected chi connectivity index (χ1v) is 6.65. The van der Waals surface area contributed by atoms with Crippen LogP contribution in [-0.4, -0.2) is 23.7 Å². The molecule has 0 saturated heterocycles. The molecule has 0 heterocycles. The van der Waals surface area contributed by atoms with Gasteiger partial charge in [-0.3, -0.25) is 0 Å². The van der Waals surface area contributed by atoms with Gasteiger partial charge < -0.3 is 0 Å². The summed E-state index contributed by atoms with van der Waals surface area (Å²) in [5.74, 6) is -1.34. The van der Waals surface area contributed by atoms with Crippen LogP contribution >= 0.6 is 0 Å². The molecule has 0 aromatic rings. The van der Waals surface area contributed by atoms with Crippen LogP contribution in [0.5, 0.6) is 0 Å². The van der Waals surface area contributed by atoms with E-state index in [0.29, 0.717) is 12.8 Å². The van der Waals surface area contributed by atoms with E-state index in [0.717, 1.165) is 13.8 Å². The maximum atomic E-state index is 13.7. The van der Waals surface area contributed by atoms with Crippen molar-refractivity contribution in [3.8, 4) is 0 Å². The quantitative estimate of drug-likeness (QED) is 0.491. The molecule has 0 aliphatic carbocycles. The highest BCUT2D eigenvalue weighted by Crippen LogP contribution is 2.51. The standard InChI is InChI=1S/C13H20F8/c1-4-5-6-9(7-10(2,3)14)8-11(15,12(16,17)18)13(19,20)21/h9H,4-8H2,1-3H3. The molecule has 0 bridgehead atoms. The van der Waals surface area contributed by atoms with Gasteiger partial charge in [0.2, 0.25) is 0 Å². The van der Waals surface area contributed by atoms with E-state index in [-0.39, 0.29) is 6.42 Å². The number of hydrogen-bond donors (Lipinski definition) is 0. The van der Waals surface area contributed by atoms with Gasteiger partial charge >= 0.3 is 12.4 Å². The molecular weight excluding hydrogens is 308 g/mol. The molecule has 0 N–H and O–H groups in total. The Hall–Kier alpha value is -0.560. The van der Waals surface area contributed by atoms with Gasteiger partial charge in [-0.1, -0.05) is 26.2 Å². The number of halogens is 8. The lowest BCUT2D eigenvalue weighted by atomic mass is 9.82. The third kappa shape index (κ3) is 5.98. The zero-order chi connectivity index (χ0) is 17.1. The fourth-order valence-electron chi connectivity index (χ4n) is 2.25. The molecule has 0 saturated carbocycles. The molecule has 0 nitrogen and oxygen atoms in total. The van der Waals surface area contributed by atoms with Crippen LogP contribution in [0.1, 0.15) is 52.9 Å². The molecule has 1 unspecified atom stereocenters. The third-order valence-corrected chi connectivity index (χ3v) is 3.21. The first-order valence-electron chi connectivity index (χ1n) is 6.65. The second-order valence-electron chi connectivity index (χ2n) is 5.93. The van der Waals surface area contributed by atoms with Crippen LogP contribution in [0.4, 0.5) is 35.1 Å². The fraction of sp³-hybridized carbons (Fsp3) is 1.00. The zero-order valence-electron chi connectivity index (χ0n) is 12.1. The van der Waals surface area contributed by atoms with Crippen LogP contribution in [0.25, 0.3) is 0 Å². The first-order chi connectivity index (χ1) is 9.14. The fourth-order valence-corrected chi connectivity index (χ4v) is 2.25. The van der Waals surface area contributed by atoms with E-state index in [1.165, 1.54) is 0 Å². The van der Waals surface area contributed by atoms with Crippen LogP contribution in [0.15, 0.2) is 0 Å². The monoisotopic (exact) mass is 328 g/mol. The van der Waals surface area contributed by atoms with E-state index < -0.39 is 42.4 Å². The maximum absolute atomic E-state index is 13.7. The lowest BCUT2D eigenvalue weighted by Gasteiger charge is -2.34. The van der Waals surface area contributed by atoms with Gasteiger partial charge in [0.1, 0.15) is 5.67 Å². The summed E-state index contributed by atoms with van der Waals surface area (Å²) in [6.07, 6.45) is -13.8. The van der Waals surface area contributed by atoms with Gasteiger partial charge in [-0.15, -0.1) is 0 Å². The molecule has 21 heavy (non-hydrogen) atoms. The lowest BCUT2D eigenvalue weighted by Crippen LogP contribution is -2.54. The van der Waals surface area contributed by atoms with E-state index >= 15 is 0 Å². The van der Waals surface area contributed by atoms with Crippen LogP contribution in [-0.2, 0) is 0 Å². The lowest BCUT2D eigenvalue weighted by molar-refractivity contribution is -0.346. The number of unbranched alkanes of at least 4 members (excludes halogenated alkanes) is 1. The number of hydrogen-bond acceptors (Lipinski definition) is 0. The van der Waals surface area contributed by atoms with Crippen molar-refractivity contribution in [3.05, 3.63) is 0 Å². The summed E-state index contributed by atoms with van der Waals surface area (Å²) < 4.78 is 102. The van der Waals surface area contributed by atoms with Crippen molar-refractivity contribution in [1.29, 1.82) is 0 Å². The second-order valence-corrected chi connectivity index (χ2v) is 5.93. The maximum Gasteiger partial charge on any atom is 0.431 e. The van der Waals surface area contributed by atoms with Crippen LogP contribution in [0.2, 0.25) is 0 Å². The Morgan fingerprint density at radius 1 is 0.762 bits per heavy atom. The largest absolute Gasteiger partial charge is 0.431 e. The predicted molar refractivity (Wildman–Crippen MR) is 63.4 cm³/mol. The molecule has 0 rings (SSSR count). The Kier molecular flexibility index (Phi) is 6.51. The van der Waals surface area contributed by atoms with Crippen molar-refractivity contribution in [3.63, 3.8) is 0 Å². The average Bonchev–Trinajstić information content (AvgIpc) is 2.20. The molecule has 128 valence electrons. The highest BCUT2D eigenvalue weighted by molar-refractivity contribution is 4.96. The van der Waals surface area contributed by atoms with E-state index in [4.69, 9.17) is 0 Å². The zero-order valence-corrected chi connectivity index (χ0v) is 12.1. The SMILES string of the molecule is CCCCC(CC(C)(C)F)CC(F)(C(F)(F)F)C(F)(F)F. The Morgan fingerprint density at radius 3 is 1.48 bits per heavy atom. The molecule has 0 fully saturated rings. The average molecular weight is 328 g/mol. The normalized spacial score (nSPS) is 16.1. The molecule has 0 aromatic heterocycles. The van der Waals surface area contributed by atoms with Crippen LogP contribution in [0.3, 0.4) is 0 Å². The Bertz CT molecular complexity index is 296. The van der Waals surface area contributed by atoms with Crippen LogP contribution < -0.4 is 0 Å². The van der Waals surface area contributed by atoms with E-state index in [1.807, 2.05) is 0 Å². The van der Waals surface area contributed by atoms with Gasteiger partial charge in [-0.2, -0.15) is 26.3 Å². The topological polar surface area (TPSA) is 0 Å². The van der Waals surface area contributed by atoms with Crippen molar-refractivity contribution in [2.75, 3.05) is 0 Å². The minimum atomic E-state index is -6.07. The molecule has 0 aliphatic heterocycles. The summed E-state index contributed by atoms with van der Waals surface area (Å²) in [5.41, 5.74) is -7.26. The second kappa shape index (κ2) is 6.69. The first kappa shape index (κ1) is 20.4. The molecule has 0 radical (unpaired) electrons. The number of rotatable bonds is 7. The Labute approximate surface area is 118 Å². The van der Waals surface area contributed by atoms with Crippen molar-refractivity contribution >= 4 is 0 Å². The van der Waals surface area contributed by atoms with E-state index in [2.05, 4.69) is 0 Å². The third-order valence-electron chi connectivity index (χ3n) is 3.21. The summed E-state index contributed by atoms with van der Waals surface area (Å²) in [6, 6.07) is 0. The summed E-state index contributed by atoms with van der Waals surface area (Å²) in [7, 11) is 0. The summed E-state index contributed by atoms with van der Waals surface area (Å²) in [5, 5.41) is 0. The molecular formula is C13H20F8. The molecule has 0 spiro atoms. The molecule has 1 atom stereocenters. The summed E-state index contributed by atoms with van der Waals surface area (Å²) in [4.78, 5) is 0. The van der Waals surface area contributed by atoms with Crippen molar-refractivity contribution < 1.29 is 35.1 Å².